The Morgan fingerprint density at radius 1 is 1.03 bits per heavy atom. The van der Waals surface area contributed by atoms with Gasteiger partial charge in [-0.05, 0) is 61.5 Å². The van der Waals surface area contributed by atoms with E-state index in [1.54, 1.807) is 4.90 Å². The summed E-state index contributed by atoms with van der Waals surface area (Å²) in [6.07, 6.45) is 3.18. The maximum Gasteiger partial charge on any atom is 0.246 e. The number of carbonyl (C=O) groups excluding carboxylic acids is 3. The number of carbonyl (C=O) groups is 3. The summed E-state index contributed by atoms with van der Waals surface area (Å²) in [5, 5.41) is 6.11. The fourth-order valence-electron chi connectivity index (χ4n) is 5.73. The van der Waals surface area contributed by atoms with E-state index in [2.05, 4.69) is 36.6 Å². The summed E-state index contributed by atoms with van der Waals surface area (Å²) in [6, 6.07) is 14.8. The van der Waals surface area contributed by atoms with Crippen LogP contribution in [0.2, 0.25) is 0 Å². The molecule has 2 aliphatic rings. The van der Waals surface area contributed by atoms with Crippen molar-refractivity contribution in [2.75, 3.05) is 26.0 Å². The van der Waals surface area contributed by atoms with Crippen LogP contribution < -0.4 is 10.6 Å². The molecule has 2 aromatic carbocycles. The molecule has 36 heavy (non-hydrogen) atoms. The highest BCUT2D eigenvalue weighted by Gasteiger charge is 2.47. The summed E-state index contributed by atoms with van der Waals surface area (Å²) >= 11 is 0. The molecule has 1 heterocycles. The smallest absolute Gasteiger partial charge is 0.246 e. The lowest BCUT2D eigenvalue weighted by molar-refractivity contribution is -0.154. The van der Waals surface area contributed by atoms with Crippen molar-refractivity contribution in [1.82, 2.24) is 15.1 Å². The second kappa shape index (κ2) is 11.2. The number of rotatable bonds is 9. The molecule has 0 unspecified atom stereocenters. The average Bonchev–Trinajstić information content (AvgIpc) is 3.28. The second-order valence-corrected chi connectivity index (χ2v) is 10.4. The Labute approximate surface area is 214 Å². The highest BCUT2D eigenvalue weighted by molar-refractivity contribution is 5.98. The second-order valence-electron chi connectivity index (χ2n) is 10.4. The third-order valence-electron chi connectivity index (χ3n) is 7.59. The van der Waals surface area contributed by atoms with Gasteiger partial charge in [-0.1, -0.05) is 69.2 Å². The van der Waals surface area contributed by atoms with Crippen molar-refractivity contribution >= 4 is 23.4 Å². The van der Waals surface area contributed by atoms with Gasteiger partial charge >= 0.3 is 0 Å². The number of anilines is 1. The largest absolute Gasteiger partial charge is 0.342 e. The van der Waals surface area contributed by atoms with Crippen LogP contribution in [0.3, 0.4) is 0 Å². The topological polar surface area (TPSA) is 81.8 Å². The number of para-hydroxylation sites is 1. The molecule has 0 aromatic heterocycles. The molecular weight excluding hydrogens is 452 g/mol. The predicted molar refractivity (Wildman–Crippen MR) is 141 cm³/mol. The summed E-state index contributed by atoms with van der Waals surface area (Å²) in [5.74, 6) is -0.115. The van der Waals surface area contributed by atoms with E-state index in [0.29, 0.717) is 5.69 Å². The van der Waals surface area contributed by atoms with Crippen molar-refractivity contribution in [3.8, 4) is 0 Å². The molecule has 1 aliphatic heterocycles. The molecule has 7 heteroatoms. The molecule has 4 rings (SSSR count). The van der Waals surface area contributed by atoms with Crippen LogP contribution in [0.1, 0.15) is 43.4 Å². The minimum atomic E-state index is -0.550. The van der Waals surface area contributed by atoms with Gasteiger partial charge in [-0.15, -0.1) is 0 Å². The minimum absolute atomic E-state index is 0.0290. The normalized spacial score (nSPS) is 20.1. The van der Waals surface area contributed by atoms with Crippen LogP contribution in [-0.2, 0) is 33.8 Å². The highest BCUT2D eigenvalue weighted by atomic mass is 16.2. The quantitative estimate of drug-likeness (QED) is 0.566. The molecule has 2 aromatic rings. The van der Waals surface area contributed by atoms with Crippen LogP contribution in [0.4, 0.5) is 5.69 Å². The zero-order valence-corrected chi connectivity index (χ0v) is 21.8. The molecule has 0 spiro atoms. The molecule has 1 fully saturated rings. The van der Waals surface area contributed by atoms with Crippen molar-refractivity contribution in [2.24, 2.45) is 11.8 Å². The van der Waals surface area contributed by atoms with Gasteiger partial charge in [0.05, 0.1) is 6.54 Å². The molecule has 7 nitrogen and oxygen atoms in total. The van der Waals surface area contributed by atoms with Crippen LogP contribution in [-0.4, -0.2) is 60.2 Å². The molecule has 192 valence electrons. The van der Waals surface area contributed by atoms with Gasteiger partial charge in [0.1, 0.15) is 12.1 Å². The van der Waals surface area contributed by atoms with E-state index in [-0.39, 0.29) is 42.6 Å². The van der Waals surface area contributed by atoms with Gasteiger partial charge in [-0.25, -0.2) is 0 Å². The summed E-state index contributed by atoms with van der Waals surface area (Å²) in [4.78, 5) is 43.7. The number of nitrogens with one attached hydrogen (secondary N) is 2. The summed E-state index contributed by atoms with van der Waals surface area (Å²) in [7, 11) is 3.69. The minimum Gasteiger partial charge on any atom is -0.342 e. The summed E-state index contributed by atoms with van der Waals surface area (Å²) in [6.45, 7) is 4.68. The van der Waals surface area contributed by atoms with Crippen molar-refractivity contribution in [2.45, 2.75) is 58.2 Å². The molecule has 0 radical (unpaired) electrons. The van der Waals surface area contributed by atoms with Crippen molar-refractivity contribution < 1.29 is 14.4 Å². The number of piperazine rings is 1. The first-order valence-electron chi connectivity index (χ1n) is 13.0. The van der Waals surface area contributed by atoms with E-state index in [9.17, 15) is 14.4 Å². The fraction of sp³-hybridized carbons (Fsp3) is 0.483. The van der Waals surface area contributed by atoms with Crippen LogP contribution in [0.5, 0.6) is 0 Å². The Balaban J connectivity index is 1.62. The maximum atomic E-state index is 14.1. The van der Waals surface area contributed by atoms with E-state index < -0.39 is 12.1 Å². The maximum absolute atomic E-state index is 14.1. The Kier molecular flexibility index (Phi) is 8.09. The number of amides is 3. The first-order chi connectivity index (χ1) is 17.3. The van der Waals surface area contributed by atoms with Gasteiger partial charge in [0.2, 0.25) is 17.7 Å². The van der Waals surface area contributed by atoms with Gasteiger partial charge in [-0.3, -0.25) is 14.4 Å². The van der Waals surface area contributed by atoms with Gasteiger partial charge in [0, 0.05) is 12.2 Å². The number of fused-ring (bicyclic) bond motifs is 1. The van der Waals surface area contributed by atoms with Crippen molar-refractivity contribution in [1.29, 1.82) is 0 Å². The van der Waals surface area contributed by atoms with E-state index in [1.165, 1.54) is 11.1 Å². The third-order valence-corrected chi connectivity index (χ3v) is 7.59. The first-order valence-corrected chi connectivity index (χ1v) is 13.0. The van der Waals surface area contributed by atoms with Crippen LogP contribution in [0.15, 0.2) is 48.5 Å². The lowest BCUT2D eigenvalue weighted by atomic mass is 9.86. The first kappa shape index (κ1) is 25.9. The Hall–Kier alpha value is -3.19. The SMILES string of the molecule is CCC(CC)[C@@H]1C(=O)N[C@H](C2Cc3ccccc3C2)C(=O)N1Cc1ccccc1NC(=O)CN(C)C. The van der Waals surface area contributed by atoms with Crippen molar-refractivity contribution in [3.63, 3.8) is 0 Å². The molecule has 1 saturated heterocycles. The van der Waals surface area contributed by atoms with Crippen molar-refractivity contribution in [3.05, 3.63) is 65.2 Å². The highest BCUT2D eigenvalue weighted by Crippen LogP contribution is 2.34. The lowest BCUT2D eigenvalue weighted by Gasteiger charge is -2.44. The molecule has 0 saturated carbocycles. The van der Waals surface area contributed by atoms with E-state index in [1.807, 2.05) is 55.4 Å². The summed E-state index contributed by atoms with van der Waals surface area (Å²) in [5.41, 5.74) is 4.02. The summed E-state index contributed by atoms with van der Waals surface area (Å²) < 4.78 is 0. The number of hydrogen-bond acceptors (Lipinski definition) is 4. The molecule has 2 atom stereocenters. The lowest BCUT2D eigenvalue weighted by Crippen LogP contribution is -2.66. The van der Waals surface area contributed by atoms with Gasteiger partial charge in [-0.2, -0.15) is 0 Å². The van der Waals surface area contributed by atoms with Gasteiger partial charge in [0.25, 0.3) is 0 Å². The molecule has 0 bridgehead atoms. The average molecular weight is 491 g/mol. The number of nitrogens with zero attached hydrogens (tertiary/aromatic N) is 2. The van der Waals surface area contributed by atoms with E-state index in [4.69, 9.17) is 0 Å². The van der Waals surface area contributed by atoms with Gasteiger partial charge < -0.3 is 20.4 Å². The number of benzene rings is 2. The Bertz CT molecular complexity index is 1090. The third kappa shape index (κ3) is 5.46. The Morgan fingerprint density at radius 2 is 1.64 bits per heavy atom. The van der Waals surface area contributed by atoms with Gasteiger partial charge in [0.15, 0.2) is 0 Å². The predicted octanol–water partition coefficient (Wildman–Crippen LogP) is 3.23. The molecule has 3 amide bonds. The molecule has 1 aliphatic carbocycles. The molecular formula is C29H38N4O3. The molecule has 2 N–H and O–H groups in total. The number of hydrogen-bond donors (Lipinski definition) is 2. The van der Waals surface area contributed by atoms with Crippen LogP contribution in [0.25, 0.3) is 0 Å². The Morgan fingerprint density at radius 3 is 2.25 bits per heavy atom. The number of likely N-dealkylation sites (N-methyl/N-ethyl adjacent to an activating group) is 1. The zero-order valence-electron chi connectivity index (χ0n) is 21.8. The standard InChI is InChI=1S/C29H38N4O3/c1-5-19(6-2)27-28(35)31-26(23-15-20-11-7-8-12-21(20)16-23)29(36)33(27)17-22-13-9-10-14-24(22)30-25(34)18-32(3)4/h7-14,19,23,26-27H,5-6,15-18H2,1-4H3,(H,30,34)(H,31,35)/t26-,27-/m1/s1. The van der Waals surface area contributed by atoms with Crippen LogP contribution >= 0.6 is 0 Å². The van der Waals surface area contributed by atoms with E-state index in [0.717, 1.165) is 31.2 Å². The monoisotopic (exact) mass is 490 g/mol. The zero-order chi connectivity index (χ0) is 25.8. The van der Waals surface area contributed by atoms with Crippen LogP contribution in [0, 0.1) is 11.8 Å². The van der Waals surface area contributed by atoms with E-state index >= 15 is 0 Å². The fourth-order valence-corrected chi connectivity index (χ4v) is 5.73.